The Morgan fingerprint density at radius 2 is 2.07 bits per heavy atom. The molecule has 3 rings (SSSR count). The van der Waals surface area contributed by atoms with E-state index in [1.54, 1.807) is 0 Å². The van der Waals surface area contributed by atoms with Gasteiger partial charge in [-0.05, 0) is 37.1 Å². The van der Waals surface area contributed by atoms with E-state index in [-0.39, 0.29) is 23.7 Å². The van der Waals surface area contributed by atoms with Gasteiger partial charge in [0.05, 0.1) is 5.92 Å². The molecule has 1 aliphatic heterocycles. The number of amides is 2. The molecule has 1 unspecified atom stereocenters. The van der Waals surface area contributed by atoms with Crippen molar-refractivity contribution in [2.75, 3.05) is 18.4 Å². The van der Waals surface area contributed by atoms with Gasteiger partial charge < -0.3 is 5.73 Å². The van der Waals surface area contributed by atoms with Crippen molar-refractivity contribution in [1.82, 2.24) is 14.3 Å². The van der Waals surface area contributed by atoms with Gasteiger partial charge in [0.15, 0.2) is 0 Å². The molecule has 2 heterocycles. The minimum absolute atomic E-state index is 0.0635. The average molecular weight is 388 g/mol. The molecular weight excluding hydrogens is 362 g/mol. The van der Waals surface area contributed by atoms with Crippen LogP contribution in [0.5, 0.6) is 0 Å². The normalized spacial score (nSPS) is 17.8. The maximum absolute atomic E-state index is 12.4. The second kappa shape index (κ2) is 8.58. The summed E-state index contributed by atoms with van der Waals surface area (Å²) in [7, 11) is 0. The van der Waals surface area contributed by atoms with Crippen LogP contribution in [0.2, 0.25) is 0 Å². The Kier molecular flexibility index (Phi) is 6.18. The van der Waals surface area contributed by atoms with E-state index in [0.29, 0.717) is 17.2 Å². The van der Waals surface area contributed by atoms with Crippen molar-refractivity contribution in [3.05, 3.63) is 41.2 Å². The van der Waals surface area contributed by atoms with Gasteiger partial charge in [0, 0.05) is 36.1 Å². The van der Waals surface area contributed by atoms with E-state index in [4.69, 9.17) is 5.73 Å². The maximum Gasteiger partial charge on any atom is 0.257 e. The minimum Gasteiger partial charge on any atom is -0.369 e. The van der Waals surface area contributed by atoms with Crippen LogP contribution in [0, 0.1) is 5.92 Å². The molecule has 0 bridgehead atoms. The standard InChI is InChI=1S/C19H25N5O2S/c1-12(2)17-21-19(27-23-17)22-18(26)14-7-5-13(6-8-14)10-24-9-3-4-15(11-24)16(20)25/h5-8,12,15H,3-4,9-11H2,1-2H3,(H2,20,25)(H,21,22,23,26). The number of carbonyl (C=O) groups excluding carboxylic acids is 2. The van der Waals surface area contributed by atoms with Crippen molar-refractivity contribution in [3.63, 3.8) is 0 Å². The summed E-state index contributed by atoms with van der Waals surface area (Å²) < 4.78 is 4.24. The zero-order valence-electron chi connectivity index (χ0n) is 15.6. The average Bonchev–Trinajstić information content (AvgIpc) is 3.11. The number of primary amides is 1. The van der Waals surface area contributed by atoms with Crippen molar-refractivity contribution in [3.8, 4) is 0 Å². The van der Waals surface area contributed by atoms with E-state index in [1.165, 1.54) is 11.5 Å². The smallest absolute Gasteiger partial charge is 0.257 e. The van der Waals surface area contributed by atoms with Gasteiger partial charge in [-0.25, -0.2) is 4.98 Å². The van der Waals surface area contributed by atoms with Crippen molar-refractivity contribution in [2.45, 2.75) is 39.2 Å². The van der Waals surface area contributed by atoms with Crippen LogP contribution >= 0.6 is 11.5 Å². The first-order valence-corrected chi connectivity index (χ1v) is 9.95. The summed E-state index contributed by atoms with van der Waals surface area (Å²) in [5, 5.41) is 3.31. The zero-order chi connectivity index (χ0) is 19.4. The molecular formula is C19H25N5O2S. The van der Waals surface area contributed by atoms with Crippen LogP contribution in [0.15, 0.2) is 24.3 Å². The Morgan fingerprint density at radius 3 is 2.70 bits per heavy atom. The molecule has 1 atom stereocenters. The van der Waals surface area contributed by atoms with E-state index >= 15 is 0 Å². The van der Waals surface area contributed by atoms with Crippen LogP contribution in [0.25, 0.3) is 0 Å². The molecule has 2 amide bonds. The van der Waals surface area contributed by atoms with Gasteiger partial charge >= 0.3 is 0 Å². The Bertz CT molecular complexity index is 803. The number of hydrogen-bond donors (Lipinski definition) is 2. The largest absolute Gasteiger partial charge is 0.369 e. The van der Waals surface area contributed by atoms with Crippen LogP contribution in [-0.2, 0) is 11.3 Å². The predicted octanol–water partition coefficient (Wildman–Crippen LogP) is 2.61. The van der Waals surface area contributed by atoms with Gasteiger partial charge in [-0.2, -0.15) is 4.37 Å². The Hall–Kier alpha value is -2.32. The van der Waals surface area contributed by atoms with Gasteiger partial charge in [0.1, 0.15) is 5.82 Å². The summed E-state index contributed by atoms with van der Waals surface area (Å²) in [5.74, 6) is 0.492. The number of anilines is 1. The van der Waals surface area contributed by atoms with Gasteiger partial charge in [0.2, 0.25) is 11.0 Å². The molecule has 0 spiro atoms. The number of likely N-dealkylation sites (tertiary alicyclic amines) is 1. The third kappa shape index (κ3) is 5.11. The molecule has 7 nitrogen and oxygen atoms in total. The lowest BCUT2D eigenvalue weighted by Crippen LogP contribution is -2.40. The van der Waals surface area contributed by atoms with Crippen LogP contribution in [0.3, 0.4) is 0 Å². The van der Waals surface area contributed by atoms with E-state index in [0.717, 1.165) is 37.3 Å². The van der Waals surface area contributed by atoms with Crippen LogP contribution in [-0.4, -0.2) is 39.2 Å². The molecule has 144 valence electrons. The quantitative estimate of drug-likeness (QED) is 0.793. The molecule has 1 fully saturated rings. The molecule has 0 aliphatic carbocycles. The fourth-order valence-electron chi connectivity index (χ4n) is 3.14. The summed E-state index contributed by atoms with van der Waals surface area (Å²) in [6.45, 7) is 6.44. The molecule has 1 aliphatic rings. The summed E-state index contributed by atoms with van der Waals surface area (Å²) in [6.07, 6.45) is 1.85. The molecule has 0 saturated carbocycles. The van der Waals surface area contributed by atoms with E-state index in [1.807, 2.05) is 38.1 Å². The second-order valence-electron chi connectivity index (χ2n) is 7.24. The Morgan fingerprint density at radius 1 is 1.33 bits per heavy atom. The van der Waals surface area contributed by atoms with Crippen molar-refractivity contribution < 1.29 is 9.59 Å². The van der Waals surface area contributed by atoms with Gasteiger partial charge in [-0.3, -0.25) is 19.8 Å². The first kappa shape index (κ1) is 19.4. The highest BCUT2D eigenvalue weighted by Crippen LogP contribution is 2.20. The van der Waals surface area contributed by atoms with Crippen LogP contribution < -0.4 is 11.1 Å². The number of piperidine rings is 1. The predicted molar refractivity (Wildman–Crippen MR) is 106 cm³/mol. The SMILES string of the molecule is CC(C)c1nsc(NC(=O)c2ccc(CN3CCCC(C(N)=O)C3)cc2)n1. The number of aromatic nitrogens is 2. The molecule has 2 aromatic rings. The van der Waals surface area contributed by atoms with Crippen molar-refractivity contribution >= 4 is 28.5 Å². The van der Waals surface area contributed by atoms with Crippen LogP contribution in [0.1, 0.15) is 54.4 Å². The molecule has 3 N–H and O–H groups in total. The van der Waals surface area contributed by atoms with Crippen LogP contribution in [0.4, 0.5) is 5.13 Å². The third-order valence-corrected chi connectivity index (χ3v) is 5.35. The number of nitrogens with zero attached hydrogens (tertiary/aromatic N) is 3. The number of nitrogens with two attached hydrogens (primary N) is 1. The highest BCUT2D eigenvalue weighted by atomic mass is 32.1. The fraction of sp³-hybridized carbons (Fsp3) is 0.474. The lowest BCUT2D eigenvalue weighted by atomic mass is 9.97. The molecule has 0 radical (unpaired) electrons. The lowest BCUT2D eigenvalue weighted by Gasteiger charge is -2.31. The highest BCUT2D eigenvalue weighted by Gasteiger charge is 2.23. The second-order valence-corrected chi connectivity index (χ2v) is 7.99. The van der Waals surface area contributed by atoms with Gasteiger partial charge in [-0.15, -0.1) is 0 Å². The van der Waals surface area contributed by atoms with E-state index < -0.39 is 0 Å². The highest BCUT2D eigenvalue weighted by molar-refractivity contribution is 7.09. The van der Waals surface area contributed by atoms with Crippen molar-refractivity contribution in [2.24, 2.45) is 11.7 Å². The summed E-state index contributed by atoms with van der Waals surface area (Å²) in [5.41, 5.74) is 7.12. The molecule has 8 heteroatoms. The van der Waals surface area contributed by atoms with Gasteiger partial charge in [-0.1, -0.05) is 26.0 Å². The van der Waals surface area contributed by atoms with Crippen molar-refractivity contribution in [1.29, 1.82) is 0 Å². The summed E-state index contributed by atoms with van der Waals surface area (Å²) in [6, 6.07) is 7.51. The molecule has 1 aromatic carbocycles. The zero-order valence-corrected chi connectivity index (χ0v) is 16.5. The summed E-state index contributed by atoms with van der Waals surface area (Å²) in [4.78, 5) is 30.3. The molecule has 1 saturated heterocycles. The lowest BCUT2D eigenvalue weighted by molar-refractivity contribution is -0.123. The topological polar surface area (TPSA) is 101 Å². The third-order valence-electron chi connectivity index (χ3n) is 4.71. The Labute approximate surface area is 163 Å². The van der Waals surface area contributed by atoms with E-state index in [2.05, 4.69) is 19.6 Å². The molecule has 27 heavy (non-hydrogen) atoms. The molecule has 1 aromatic heterocycles. The summed E-state index contributed by atoms with van der Waals surface area (Å²) >= 11 is 1.19. The van der Waals surface area contributed by atoms with E-state index in [9.17, 15) is 9.59 Å². The number of nitrogens with one attached hydrogen (secondary N) is 1. The fourth-order valence-corrected chi connectivity index (χ4v) is 3.84. The Balaban J connectivity index is 1.57. The monoisotopic (exact) mass is 387 g/mol. The maximum atomic E-state index is 12.4. The number of carbonyl (C=O) groups is 2. The number of benzene rings is 1. The number of rotatable bonds is 6. The first-order chi connectivity index (χ1) is 12.9. The minimum atomic E-state index is -0.219. The van der Waals surface area contributed by atoms with Gasteiger partial charge in [0.25, 0.3) is 5.91 Å². The first-order valence-electron chi connectivity index (χ1n) is 9.18. The number of hydrogen-bond acceptors (Lipinski definition) is 6.